The van der Waals surface area contributed by atoms with Gasteiger partial charge in [-0.25, -0.2) is 17.5 Å². The van der Waals surface area contributed by atoms with Gasteiger partial charge in [-0.05, 0) is 44.4 Å². The number of morpholine rings is 1. The molecule has 6 nitrogen and oxygen atoms in total. The van der Waals surface area contributed by atoms with Crippen molar-refractivity contribution in [2.45, 2.75) is 36.6 Å². The zero-order chi connectivity index (χ0) is 17.9. The summed E-state index contributed by atoms with van der Waals surface area (Å²) >= 11 is 0. The van der Waals surface area contributed by atoms with E-state index in [0.717, 1.165) is 38.4 Å². The second-order valence-electron chi connectivity index (χ2n) is 6.53. The van der Waals surface area contributed by atoms with Gasteiger partial charge in [0.25, 0.3) is 0 Å². The zero-order valence-corrected chi connectivity index (χ0v) is 15.3. The molecule has 1 heterocycles. The summed E-state index contributed by atoms with van der Waals surface area (Å²) < 4.78 is 52.3. The van der Waals surface area contributed by atoms with Crippen molar-refractivity contribution >= 4 is 10.0 Å². The van der Waals surface area contributed by atoms with Crippen LogP contribution in [0.25, 0.3) is 0 Å². The van der Waals surface area contributed by atoms with Gasteiger partial charge in [-0.3, -0.25) is 4.90 Å². The van der Waals surface area contributed by atoms with Gasteiger partial charge < -0.3 is 9.47 Å². The van der Waals surface area contributed by atoms with Crippen LogP contribution in [0.3, 0.4) is 0 Å². The lowest BCUT2D eigenvalue weighted by atomic mass is 9.75. The Kier molecular flexibility index (Phi) is 5.62. The van der Waals surface area contributed by atoms with Gasteiger partial charge in [0.1, 0.15) is 0 Å². The number of sulfonamides is 1. The van der Waals surface area contributed by atoms with Crippen molar-refractivity contribution in [1.82, 2.24) is 9.62 Å². The number of rotatable bonds is 7. The molecule has 0 aromatic heterocycles. The predicted molar refractivity (Wildman–Crippen MR) is 91.7 cm³/mol. The van der Waals surface area contributed by atoms with E-state index in [9.17, 15) is 12.8 Å². The van der Waals surface area contributed by atoms with Crippen molar-refractivity contribution in [1.29, 1.82) is 0 Å². The van der Waals surface area contributed by atoms with Crippen LogP contribution in [-0.2, 0) is 14.8 Å². The SMILES string of the molecule is CCOc1ccc(S(=O)(=O)NCC2(N3CCOCC3)CCC2)cc1F. The molecule has 1 N–H and O–H groups in total. The predicted octanol–water partition coefficient (Wildman–Crippen LogP) is 1.76. The second kappa shape index (κ2) is 7.57. The fourth-order valence-corrected chi connectivity index (χ4v) is 4.59. The number of nitrogens with one attached hydrogen (secondary N) is 1. The van der Waals surface area contributed by atoms with Crippen LogP contribution in [0.2, 0.25) is 0 Å². The van der Waals surface area contributed by atoms with Crippen LogP contribution in [0.5, 0.6) is 5.75 Å². The fraction of sp³-hybridized carbons (Fsp3) is 0.647. The van der Waals surface area contributed by atoms with E-state index in [1.807, 2.05) is 0 Å². The summed E-state index contributed by atoms with van der Waals surface area (Å²) in [5.74, 6) is -0.610. The first kappa shape index (κ1) is 18.6. The first-order chi connectivity index (χ1) is 12.0. The molecule has 0 spiro atoms. The van der Waals surface area contributed by atoms with Gasteiger partial charge in [0.15, 0.2) is 11.6 Å². The number of nitrogens with zero attached hydrogens (tertiary/aromatic N) is 1. The van der Waals surface area contributed by atoms with E-state index in [1.165, 1.54) is 12.1 Å². The standard InChI is InChI=1S/C17H25FN2O4S/c1-2-24-16-5-4-14(12-15(16)18)25(21,22)19-13-17(6-3-7-17)20-8-10-23-11-9-20/h4-5,12,19H,2-3,6-11,13H2,1H3. The molecule has 0 amide bonds. The average molecular weight is 372 g/mol. The van der Waals surface area contributed by atoms with Crippen LogP contribution in [0.4, 0.5) is 4.39 Å². The molecular weight excluding hydrogens is 347 g/mol. The second-order valence-corrected chi connectivity index (χ2v) is 8.29. The Morgan fingerprint density at radius 3 is 2.60 bits per heavy atom. The Balaban J connectivity index is 1.69. The zero-order valence-electron chi connectivity index (χ0n) is 14.5. The topological polar surface area (TPSA) is 67.9 Å². The van der Waals surface area contributed by atoms with E-state index in [1.54, 1.807) is 6.92 Å². The summed E-state index contributed by atoms with van der Waals surface area (Å²) in [6.45, 7) is 5.40. The molecule has 8 heteroatoms. The monoisotopic (exact) mass is 372 g/mol. The van der Waals surface area contributed by atoms with Gasteiger partial charge in [0, 0.05) is 25.2 Å². The molecular formula is C17H25FN2O4S. The highest BCUT2D eigenvalue weighted by Crippen LogP contribution is 2.38. The third kappa shape index (κ3) is 3.97. The van der Waals surface area contributed by atoms with Crippen molar-refractivity contribution in [2.24, 2.45) is 0 Å². The number of hydrogen-bond acceptors (Lipinski definition) is 5. The minimum atomic E-state index is -3.77. The maximum absolute atomic E-state index is 14.0. The molecule has 2 aliphatic rings. The van der Waals surface area contributed by atoms with Gasteiger partial charge in [0.2, 0.25) is 10.0 Å². The van der Waals surface area contributed by atoms with Crippen LogP contribution in [-0.4, -0.2) is 58.3 Å². The Labute approximate surface area is 148 Å². The maximum atomic E-state index is 14.0. The van der Waals surface area contributed by atoms with E-state index in [4.69, 9.17) is 9.47 Å². The molecule has 2 fully saturated rings. The Morgan fingerprint density at radius 1 is 1.32 bits per heavy atom. The van der Waals surface area contributed by atoms with Crippen molar-refractivity contribution in [3.05, 3.63) is 24.0 Å². The summed E-state index contributed by atoms with van der Waals surface area (Å²) in [5, 5.41) is 0. The van der Waals surface area contributed by atoms with E-state index < -0.39 is 15.8 Å². The lowest BCUT2D eigenvalue weighted by molar-refractivity contribution is -0.0527. The first-order valence-electron chi connectivity index (χ1n) is 8.72. The van der Waals surface area contributed by atoms with Gasteiger partial charge in [-0.15, -0.1) is 0 Å². The molecule has 1 saturated carbocycles. The van der Waals surface area contributed by atoms with Crippen LogP contribution < -0.4 is 9.46 Å². The molecule has 140 valence electrons. The normalized spacial score (nSPS) is 20.9. The lowest BCUT2D eigenvalue weighted by Gasteiger charge is -2.51. The maximum Gasteiger partial charge on any atom is 0.240 e. The van der Waals surface area contributed by atoms with Crippen molar-refractivity contribution in [3.63, 3.8) is 0 Å². The van der Waals surface area contributed by atoms with E-state index >= 15 is 0 Å². The summed E-state index contributed by atoms with van der Waals surface area (Å²) in [6.07, 6.45) is 3.02. The molecule has 1 aliphatic heterocycles. The molecule has 1 saturated heterocycles. The smallest absolute Gasteiger partial charge is 0.240 e. The Bertz CT molecular complexity index is 701. The van der Waals surface area contributed by atoms with Crippen LogP contribution in [0.15, 0.2) is 23.1 Å². The number of benzene rings is 1. The molecule has 3 rings (SSSR count). The van der Waals surface area contributed by atoms with Crippen LogP contribution in [0, 0.1) is 5.82 Å². The van der Waals surface area contributed by atoms with Crippen LogP contribution >= 0.6 is 0 Å². The van der Waals surface area contributed by atoms with Crippen LogP contribution in [0.1, 0.15) is 26.2 Å². The van der Waals surface area contributed by atoms with Crippen molar-refractivity contribution in [3.8, 4) is 5.75 Å². The highest BCUT2D eigenvalue weighted by atomic mass is 32.2. The number of hydrogen-bond donors (Lipinski definition) is 1. The number of halogens is 1. The summed E-state index contributed by atoms with van der Waals surface area (Å²) in [4.78, 5) is 2.24. The molecule has 1 aliphatic carbocycles. The van der Waals surface area contributed by atoms with Crippen molar-refractivity contribution in [2.75, 3.05) is 39.5 Å². The quantitative estimate of drug-likeness (QED) is 0.790. The van der Waals surface area contributed by atoms with Gasteiger partial charge in [-0.2, -0.15) is 0 Å². The van der Waals surface area contributed by atoms with E-state index in [0.29, 0.717) is 26.4 Å². The van der Waals surface area contributed by atoms with Gasteiger partial charge in [-0.1, -0.05) is 0 Å². The molecule has 0 atom stereocenters. The highest BCUT2D eigenvalue weighted by Gasteiger charge is 2.43. The largest absolute Gasteiger partial charge is 0.491 e. The molecule has 0 unspecified atom stereocenters. The van der Waals surface area contributed by atoms with Gasteiger partial charge >= 0.3 is 0 Å². The fourth-order valence-electron chi connectivity index (χ4n) is 3.46. The average Bonchev–Trinajstić information content (AvgIpc) is 2.57. The summed E-state index contributed by atoms with van der Waals surface area (Å²) in [5.41, 5.74) is -0.138. The lowest BCUT2D eigenvalue weighted by Crippen LogP contribution is -2.62. The summed E-state index contributed by atoms with van der Waals surface area (Å²) in [7, 11) is -3.77. The Hall–Kier alpha value is -1.22. The molecule has 0 radical (unpaired) electrons. The van der Waals surface area contributed by atoms with E-state index in [2.05, 4.69) is 9.62 Å². The minimum absolute atomic E-state index is 0.0604. The third-order valence-electron chi connectivity index (χ3n) is 5.07. The van der Waals surface area contributed by atoms with E-state index in [-0.39, 0.29) is 16.2 Å². The Morgan fingerprint density at radius 2 is 2.04 bits per heavy atom. The minimum Gasteiger partial charge on any atom is -0.491 e. The molecule has 0 bridgehead atoms. The molecule has 1 aromatic carbocycles. The first-order valence-corrected chi connectivity index (χ1v) is 10.2. The van der Waals surface area contributed by atoms with Crippen molar-refractivity contribution < 1.29 is 22.3 Å². The van der Waals surface area contributed by atoms with Gasteiger partial charge in [0.05, 0.1) is 24.7 Å². The number of ether oxygens (including phenoxy) is 2. The molecule has 25 heavy (non-hydrogen) atoms. The molecule has 1 aromatic rings. The summed E-state index contributed by atoms with van der Waals surface area (Å²) in [6, 6.07) is 3.74. The highest BCUT2D eigenvalue weighted by molar-refractivity contribution is 7.89. The third-order valence-corrected chi connectivity index (χ3v) is 6.47.